The van der Waals surface area contributed by atoms with E-state index in [4.69, 9.17) is 4.74 Å². The number of ether oxygens (including phenoxy) is 1. The Labute approximate surface area is 167 Å². The third-order valence-corrected chi connectivity index (χ3v) is 5.82. The lowest BCUT2D eigenvalue weighted by Crippen LogP contribution is -2.42. The molecule has 0 aliphatic carbocycles. The first kappa shape index (κ1) is 21.7. The second-order valence-corrected chi connectivity index (χ2v) is 9.03. The van der Waals surface area contributed by atoms with E-state index in [-0.39, 0.29) is 22.1 Å². The third kappa shape index (κ3) is 5.23. The Morgan fingerprint density at radius 2 is 1.46 bits per heavy atom. The minimum atomic E-state index is -4.00. The molecule has 28 heavy (non-hydrogen) atoms. The lowest BCUT2D eigenvalue weighted by molar-refractivity contribution is 0.106. The number of sulfone groups is 1. The van der Waals surface area contributed by atoms with Crippen LogP contribution in [0.1, 0.15) is 38.8 Å². The molecule has 2 rings (SSSR count). The van der Waals surface area contributed by atoms with E-state index < -0.39 is 15.9 Å². The Morgan fingerprint density at radius 1 is 0.929 bits per heavy atom. The summed E-state index contributed by atoms with van der Waals surface area (Å²) in [7, 11) is -4.00. The van der Waals surface area contributed by atoms with Crippen LogP contribution in [0.2, 0.25) is 0 Å². The minimum Gasteiger partial charge on any atom is -0.397 e. The van der Waals surface area contributed by atoms with Gasteiger partial charge in [-0.1, -0.05) is 48.0 Å². The van der Waals surface area contributed by atoms with E-state index in [1.54, 1.807) is 36.4 Å². The van der Waals surface area contributed by atoms with Gasteiger partial charge in [0, 0.05) is 18.2 Å². The van der Waals surface area contributed by atoms with Crippen LogP contribution in [0, 0.1) is 6.92 Å². The van der Waals surface area contributed by atoms with E-state index in [0.717, 1.165) is 5.56 Å². The zero-order valence-electron chi connectivity index (χ0n) is 16.9. The van der Waals surface area contributed by atoms with Crippen molar-refractivity contribution >= 4 is 22.0 Å². The number of rotatable bonds is 6. The third-order valence-electron chi connectivity index (χ3n) is 4.19. The smallest absolute Gasteiger partial charge is 0.397 e. The van der Waals surface area contributed by atoms with Gasteiger partial charge in [0.2, 0.25) is 14.9 Å². The van der Waals surface area contributed by atoms with E-state index in [9.17, 15) is 13.2 Å². The fraction of sp³-hybridized carbons (Fsp3) is 0.318. The Bertz CT molecular complexity index is 922. The number of carbonyl (C=O) groups is 1. The molecule has 0 N–H and O–H groups in total. The quantitative estimate of drug-likeness (QED) is 0.637. The van der Waals surface area contributed by atoms with Crippen LogP contribution in [0.5, 0.6) is 0 Å². The molecule has 0 bridgehead atoms. The fourth-order valence-electron chi connectivity index (χ4n) is 2.84. The predicted molar refractivity (Wildman–Crippen MR) is 111 cm³/mol. The maximum Gasteiger partial charge on any atom is 0.416 e. The van der Waals surface area contributed by atoms with Crippen molar-refractivity contribution in [3.05, 3.63) is 70.8 Å². The molecular formula is C22H27NO4S. The monoisotopic (exact) mass is 401 g/mol. The average Bonchev–Trinajstić information content (AvgIpc) is 2.61. The standard InChI is InChI=1S/C22H27NO4S/c1-16(2)23(17(3)4)22(24)27-21(15-19-9-7-6-8-10-19)28(25,26)20-13-11-18(5)12-14-20/h6-17H,1-5H3/b21-15-. The summed E-state index contributed by atoms with van der Waals surface area (Å²) in [5.41, 5.74) is 1.57. The first-order chi connectivity index (χ1) is 13.1. The molecule has 0 saturated heterocycles. The van der Waals surface area contributed by atoms with Crippen LogP contribution in [0.25, 0.3) is 6.08 Å². The van der Waals surface area contributed by atoms with E-state index in [2.05, 4.69) is 0 Å². The van der Waals surface area contributed by atoms with Crippen molar-refractivity contribution in [1.29, 1.82) is 0 Å². The number of nitrogens with zero attached hydrogens (tertiary/aromatic N) is 1. The van der Waals surface area contributed by atoms with Crippen LogP contribution in [0.15, 0.2) is 64.6 Å². The van der Waals surface area contributed by atoms with Crippen molar-refractivity contribution in [2.75, 3.05) is 0 Å². The molecule has 150 valence electrons. The van der Waals surface area contributed by atoms with Crippen LogP contribution >= 0.6 is 0 Å². The zero-order valence-corrected chi connectivity index (χ0v) is 17.7. The van der Waals surface area contributed by atoms with Gasteiger partial charge in [0.15, 0.2) is 0 Å². The largest absolute Gasteiger partial charge is 0.416 e. The van der Waals surface area contributed by atoms with Crippen molar-refractivity contribution in [2.45, 2.75) is 51.6 Å². The molecule has 0 heterocycles. The molecule has 0 radical (unpaired) electrons. The summed E-state index contributed by atoms with van der Waals surface area (Å²) in [4.78, 5) is 14.3. The molecule has 6 heteroatoms. The van der Waals surface area contributed by atoms with Gasteiger partial charge < -0.3 is 9.64 Å². The Hall–Kier alpha value is -2.60. The van der Waals surface area contributed by atoms with Crippen molar-refractivity contribution in [3.63, 3.8) is 0 Å². The Kier molecular flexibility index (Phi) is 7.02. The SMILES string of the molecule is Cc1ccc(S(=O)(=O)/C(=C\c2ccccc2)OC(=O)N(C(C)C)C(C)C)cc1. The maximum atomic E-state index is 13.2. The number of amides is 1. The van der Waals surface area contributed by atoms with Crippen molar-refractivity contribution in [3.8, 4) is 0 Å². The Balaban J connectivity index is 2.50. The van der Waals surface area contributed by atoms with E-state index in [1.807, 2.05) is 40.7 Å². The molecular weight excluding hydrogens is 374 g/mol. The molecule has 0 unspecified atom stereocenters. The number of aryl methyl sites for hydroxylation is 1. The molecule has 0 spiro atoms. The lowest BCUT2D eigenvalue weighted by Gasteiger charge is -2.29. The number of benzene rings is 2. The average molecular weight is 402 g/mol. The summed E-state index contributed by atoms with van der Waals surface area (Å²) < 4.78 is 31.8. The number of carbonyl (C=O) groups excluding carboxylic acids is 1. The number of hydrogen-bond acceptors (Lipinski definition) is 4. The molecule has 2 aromatic carbocycles. The second-order valence-electron chi connectivity index (χ2n) is 7.15. The normalized spacial score (nSPS) is 12.3. The van der Waals surface area contributed by atoms with Crippen LogP contribution in [-0.4, -0.2) is 31.5 Å². The Morgan fingerprint density at radius 3 is 1.96 bits per heavy atom. The van der Waals surface area contributed by atoms with Gasteiger partial charge in [0.25, 0.3) is 0 Å². The van der Waals surface area contributed by atoms with Gasteiger partial charge in [-0.25, -0.2) is 13.2 Å². The van der Waals surface area contributed by atoms with Crippen LogP contribution in [0.4, 0.5) is 4.79 Å². The summed E-state index contributed by atoms with van der Waals surface area (Å²) >= 11 is 0. The zero-order chi connectivity index (χ0) is 20.9. The lowest BCUT2D eigenvalue weighted by atomic mass is 10.2. The molecule has 2 aromatic rings. The summed E-state index contributed by atoms with van der Waals surface area (Å²) in [5.74, 6) is 0. The molecule has 1 amide bonds. The first-order valence-electron chi connectivity index (χ1n) is 9.21. The second kappa shape index (κ2) is 9.06. The summed E-state index contributed by atoms with van der Waals surface area (Å²) in [6, 6.07) is 15.1. The van der Waals surface area contributed by atoms with Crippen molar-refractivity contribution in [1.82, 2.24) is 4.90 Å². The van der Waals surface area contributed by atoms with Gasteiger partial charge >= 0.3 is 6.09 Å². The van der Waals surface area contributed by atoms with E-state index >= 15 is 0 Å². The molecule has 0 aliphatic rings. The highest BCUT2D eigenvalue weighted by Crippen LogP contribution is 2.24. The molecule has 0 fully saturated rings. The topological polar surface area (TPSA) is 63.7 Å². The summed E-state index contributed by atoms with van der Waals surface area (Å²) in [6.45, 7) is 9.31. The van der Waals surface area contributed by atoms with E-state index in [1.165, 1.54) is 23.1 Å². The summed E-state index contributed by atoms with van der Waals surface area (Å²) in [5, 5.41) is -0.390. The highest BCUT2D eigenvalue weighted by molar-refractivity contribution is 7.95. The molecule has 5 nitrogen and oxygen atoms in total. The van der Waals surface area contributed by atoms with Gasteiger partial charge in [-0.15, -0.1) is 0 Å². The van der Waals surface area contributed by atoms with Crippen LogP contribution in [0.3, 0.4) is 0 Å². The van der Waals surface area contributed by atoms with Crippen LogP contribution < -0.4 is 0 Å². The van der Waals surface area contributed by atoms with Crippen molar-refractivity contribution in [2.24, 2.45) is 0 Å². The van der Waals surface area contributed by atoms with Gasteiger partial charge in [0.05, 0.1) is 4.90 Å². The highest BCUT2D eigenvalue weighted by atomic mass is 32.2. The van der Waals surface area contributed by atoms with E-state index in [0.29, 0.717) is 5.56 Å². The first-order valence-corrected chi connectivity index (χ1v) is 10.7. The van der Waals surface area contributed by atoms with Crippen molar-refractivity contribution < 1.29 is 17.9 Å². The number of hydrogen-bond donors (Lipinski definition) is 0. The minimum absolute atomic E-state index is 0.0775. The van der Waals surface area contributed by atoms with Gasteiger partial charge in [-0.05, 0) is 52.3 Å². The molecule has 0 aliphatic heterocycles. The predicted octanol–water partition coefficient (Wildman–Crippen LogP) is 5.02. The van der Waals surface area contributed by atoms with Gasteiger partial charge in [-0.2, -0.15) is 0 Å². The fourth-order valence-corrected chi connectivity index (χ4v) is 4.04. The maximum absolute atomic E-state index is 13.2. The van der Waals surface area contributed by atoms with Gasteiger partial charge in [0.1, 0.15) is 0 Å². The highest BCUT2D eigenvalue weighted by Gasteiger charge is 2.29. The van der Waals surface area contributed by atoms with Gasteiger partial charge in [-0.3, -0.25) is 0 Å². The molecule has 0 atom stereocenters. The van der Waals surface area contributed by atoms with Crippen LogP contribution in [-0.2, 0) is 14.6 Å². The molecule has 0 saturated carbocycles. The summed E-state index contributed by atoms with van der Waals surface area (Å²) in [6.07, 6.45) is 0.689. The molecule has 0 aromatic heterocycles.